The average Bonchev–Trinajstić information content (AvgIpc) is 2.91. The molecule has 2 heterocycles. The van der Waals surface area contributed by atoms with Crippen LogP contribution in [0, 0.1) is 5.82 Å². The van der Waals surface area contributed by atoms with Crippen LogP contribution in [-0.2, 0) is 0 Å². The van der Waals surface area contributed by atoms with Crippen LogP contribution in [-0.4, -0.2) is 32.9 Å². The Kier molecular flexibility index (Phi) is 4.44. The van der Waals surface area contributed by atoms with E-state index in [1.54, 1.807) is 12.1 Å². The molecule has 26 heavy (non-hydrogen) atoms. The molecular formula is C20H23FN4O. The molecule has 4 rings (SSSR count). The molecule has 1 saturated carbocycles. The molecule has 2 aliphatic rings. The Balaban J connectivity index is 1.73. The van der Waals surface area contributed by atoms with Crippen molar-refractivity contribution in [1.82, 2.24) is 9.97 Å². The van der Waals surface area contributed by atoms with Crippen LogP contribution in [0.15, 0.2) is 29.3 Å². The topological polar surface area (TPSA) is 70.4 Å². The second kappa shape index (κ2) is 6.76. The lowest BCUT2D eigenvalue weighted by molar-refractivity contribution is 0.126. The fourth-order valence-corrected chi connectivity index (χ4v) is 3.69. The normalized spacial score (nSPS) is 24.9. The highest BCUT2D eigenvalue weighted by Crippen LogP contribution is 2.40. The van der Waals surface area contributed by atoms with Gasteiger partial charge in [-0.2, -0.15) is 0 Å². The molecule has 2 N–H and O–H groups in total. The molecule has 0 saturated heterocycles. The highest BCUT2D eigenvalue weighted by Gasteiger charge is 2.29. The Morgan fingerprint density at radius 1 is 1.15 bits per heavy atom. The van der Waals surface area contributed by atoms with Crippen molar-refractivity contribution in [3.05, 3.63) is 35.6 Å². The van der Waals surface area contributed by atoms with Crippen molar-refractivity contribution in [2.45, 2.75) is 57.6 Å². The number of rotatable bonds is 3. The van der Waals surface area contributed by atoms with Crippen molar-refractivity contribution in [1.29, 1.82) is 0 Å². The maximum absolute atomic E-state index is 13.6. The first kappa shape index (κ1) is 17.1. The summed E-state index contributed by atoms with van der Waals surface area (Å²) in [5.74, 6) is 1.78. The minimum Gasteiger partial charge on any atom is -0.393 e. The summed E-state index contributed by atoms with van der Waals surface area (Å²) in [4.78, 5) is 13.9. The number of anilines is 1. The summed E-state index contributed by atoms with van der Waals surface area (Å²) in [5.41, 5.74) is 2.66. The predicted octanol–water partition coefficient (Wildman–Crippen LogP) is 4.21. The summed E-state index contributed by atoms with van der Waals surface area (Å²) < 4.78 is 13.6. The zero-order chi connectivity index (χ0) is 18.3. The fourth-order valence-electron chi connectivity index (χ4n) is 3.69. The molecule has 0 bridgehead atoms. The van der Waals surface area contributed by atoms with Gasteiger partial charge in [-0.05, 0) is 44.7 Å². The Morgan fingerprint density at radius 3 is 2.65 bits per heavy atom. The first-order valence-corrected chi connectivity index (χ1v) is 9.19. The van der Waals surface area contributed by atoms with Crippen LogP contribution in [0.3, 0.4) is 0 Å². The van der Waals surface area contributed by atoms with E-state index in [0.717, 1.165) is 42.8 Å². The molecule has 1 aliphatic carbocycles. The molecule has 136 valence electrons. The van der Waals surface area contributed by atoms with E-state index in [1.807, 2.05) is 6.92 Å². The first-order valence-electron chi connectivity index (χ1n) is 9.19. The smallest absolute Gasteiger partial charge is 0.164 e. The molecule has 1 atom stereocenters. The van der Waals surface area contributed by atoms with E-state index in [0.29, 0.717) is 17.2 Å². The van der Waals surface area contributed by atoms with Gasteiger partial charge in [0.2, 0.25) is 0 Å². The van der Waals surface area contributed by atoms with E-state index in [4.69, 9.17) is 4.98 Å². The van der Waals surface area contributed by atoms with Crippen molar-refractivity contribution >= 4 is 17.3 Å². The molecule has 1 aromatic carbocycles. The van der Waals surface area contributed by atoms with Crippen molar-refractivity contribution in [2.75, 3.05) is 5.32 Å². The maximum atomic E-state index is 13.6. The van der Waals surface area contributed by atoms with Gasteiger partial charge in [0.1, 0.15) is 11.6 Å². The van der Waals surface area contributed by atoms with Crippen molar-refractivity contribution < 1.29 is 9.50 Å². The zero-order valence-electron chi connectivity index (χ0n) is 15.0. The van der Waals surface area contributed by atoms with Gasteiger partial charge >= 0.3 is 0 Å². The molecule has 1 aliphatic heterocycles. The molecule has 1 fully saturated rings. The molecule has 0 radical (unpaired) electrons. The summed E-state index contributed by atoms with van der Waals surface area (Å²) in [5, 5.41) is 13.3. The lowest BCUT2D eigenvalue weighted by Crippen LogP contribution is -2.29. The predicted molar refractivity (Wildman–Crippen MR) is 100 cm³/mol. The number of aliphatic imine (C=N–C) groups is 1. The number of benzene rings is 1. The minimum absolute atomic E-state index is 0.156. The van der Waals surface area contributed by atoms with Gasteiger partial charge in [-0.3, -0.25) is 0 Å². The molecule has 1 aromatic heterocycles. The SMILES string of the molecule is CC1=Nc2nc(-c3cccc(F)c3)nc(NC3CCC(O)CC3)c2C1C. The van der Waals surface area contributed by atoms with Crippen LogP contribution < -0.4 is 5.32 Å². The molecule has 5 nitrogen and oxygen atoms in total. The number of hydrogen-bond acceptors (Lipinski definition) is 5. The summed E-state index contributed by atoms with van der Waals surface area (Å²) in [6.45, 7) is 4.10. The number of nitrogens with zero attached hydrogens (tertiary/aromatic N) is 3. The fraction of sp³-hybridized carbons (Fsp3) is 0.450. The third kappa shape index (κ3) is 3.21. The summed E-state index contributed by atoms with van der Waals surface area (Å²) in [6, 6.07) is 6.59. The van der Waals surface area contributed by atoms with Gasteiger partial charge in [0.25, 0.3) is 0 Å². The highest BCUT2D eigenvalue weighted by atomic mass is 19.1. The van der Waals surface area contributed by atoms with E-state index < -0.39 is 0 Å². The molecule has 6 heteroatoms. The number of aliphatic hydroxyl groups is 1. The quantitative estimate of drug-likeness (QED) is 0.866. The van der Waals surface area contributed by atoms with Gasteiger partial charge in [-0.15, -0.1) is 0 Å². The van der Waals surface area contributed by atoms with E-state index in [1.165, 1.54) is 12.1 Å². The lowest BCUT2D eigenvalue weighted by Gasteiger charge is -2.27. The minimum atomic E-state index is -0.310. The van der Waals surface area contributed by atoms with E-state index in [9.17, 15) is 9.50 Å². The summed E-state index contributed by atoms with van der Waals surface area (Å²) in [7, 11) is 0. The standard InChI is InChI=1S/C20H23FN4O/c1-11-12(2)22-19-17(11)20(23-15-6-8-16(26)9-7-15)25-18(24-19)13-4-3-5-14(21)10-13/h3-5,10-11,15-16,26H,6-9H2,1-2H3,(H,23,24,25). The summed E-state index contributed by atoms with van der Waals surface area (Å²) in [6.07, 6.45) is 3.21. The second-order valence-corrected chi connectivity index (χ2v) is 7.27. The number of nitrogens with one attached hydrogen (secondary N) is 1. The van der Waals surface area contributed by atoms with E-state index in [-0.39, 0.29) is 23.9 Å². The Labute approximate surface area is 152 Å². The molecule has 0 spiro atoms. The Hall–Kier alpha value is -2.34. The van der Waals surface area contributed by atoms with Gasteiger partial charge in [-0.1, -0.05) is 19.1 Å². The van der Waals surface area contributed by atoms with Gasteiger partial charge in [0, 0.05) is 28.8 Å². The van der Waals surface area contributed by atoms with Crippen LogP contribution in [0.4, 0.5) is 16.0 Å². The number of halogens is 1. The second-order valence-electron chi connectivity index (χ2n) is 7.27. The van der Waals surface area contributed by atoms with Gasteiger partial charge in [0.05, 0.1) is 6.10 Å². The van der Waals surface area contributed by atoms with Crippen LogP contribution in [0.5, 0.6) is 0 Å². The Bertz CT molecular complexity index is 859. The van der Waals surface area contributed by atoms with Crippen molar-refractivity contribution in [3.8, 4) is 11.4 Å². The van der Waals surface area contributed by atoms with Gasteiger partial charge < -0.3 is 10.4 Å². The third-order valence-corrected chi connectivity index (χ3v) is 5.39. The highest BCUT2D eigenvalue weighted by molar-refractivity contribution is 5.97. The van der Waals surface area contributed by atoms with Crippen LogP contribution in [0.2, 0.25) is 0 Å². The van der Waals surface area contributed by atoms with E-state index >= 15 is 0 Å². The zero-order valence-corrected chi connectivity index (χ0v) is 15.0. The summed E-state index contributed by atoms with van der Waals surface area (Å²) >= 11 is 0. The van der Waals surface area contributed by atoms with E-state index in [2.05, 4.69) is 22.2 Å². The van der Waals surface area contributed by atoms with Crippen LogP contribution in [0.25, 0.3) is 11.4 Å². The number of hydrogen-bond donors (Lipinski definition) is 2. The molecular weight excluding hydrogens is 331 g/mol. The molecule has 2 aromatic rings. The largest absolute Gasteiger partial charge is 0.393 e. The number of fused-ring (bicyclic) bond motifs is 1. The Morgan fingerprint density at radius 2 is 1.92 bits per heavy atom. The van der Waals surface area contributed by atoms with Crippen molar-refractivity contribution in [3.63, 3.8) is 0 Å². The lowest BCUT2D eigenvalue weighted by atomic mass is 9.92. The number of aliphatic hydroxyl groups excluding tert-OH is 1. The van der Waals surface area contributed by atoms with Crippen LogP contribution in [0.1, 0.15) is 51.0 Å². The van der Waals surface area contributed by atoms with Gasteiger partial charge in [0.15, 0.2) is 11.6 Å². The first-order chi connectivity index (χ1) is 12.5. The molecule has 0 amide bonds. The van der Waals surface area contributed by atoms with Crippen LogP contribution >= 0.6 is 0 Å². The average molecular weight is 354 g/mol. The third-order valence-electron chi connectivity index (χ3n) is 5.39. The van der Waals surface area contributed by atoms with Crippen molar-refractivity contribution in [2.24, 2.45) is 4.99 Å². The maximum Gasteiger partial charge on any atom is 0.164 e. The monoisotopic (exact) mass is 354 g/mol. The number of aromatic nitrogens is 2. The molecule has 1 unspecified atom stereocenters. The van der Waals surface area contributed by atoms with Gasteiger partial charge in [-0.25, -0.2) is 19.4 Å².